The summed E-state index contributed by atoms with van der Waals surface area (Å²) in [4.78, 5) is 12.8. The number of aromatic nitrogens is 3. The first-order chi connectivity index (χ1) is 10.3. The third-order valence-electron chi connectivity index (χ3n) is 3.35. The molecule has 0 aliphatic carbocycles. The zero-order valence-electron chi connectivity index (χ0n) is 12.9. The Kier molecular flexibility index (Phi) is 5.49. The summed E-state index contributed by atoms with van der Waals surface area (Å²) in [6, 6.07) is 4.21. The molecule has 0 amide bonds. The van der Waals surface area contributed by atoms with E-state index in [1.165, 1.54) is 5.56 Å². The average molecular weight is 285 g/mol. The second-order valence-corrected chi connectivity index (χ2v) is 4.98. The normalized spacial score (nSPS) is 12.0. The summed E-state index contributed by atoms with van der Waals surface area (Å²) in [5.74, 6) is 1.84. The Morgan fingerprint density at radius 1 is 1.10 bits per heavy atom. The van der Waals surface area contributed by atoms with E-state index in [4.69, 9.17) is 0 Å². The Hall–Kier alpha value is -2.17. The quantitative estimate of drug-likeness (QED) is 0.816. The molecule has 2 N–H and O–H groups in total. The summed E-state index contributed by atoms with van der Waals surface area (Å²) >= 11 is 0. The largest absolute Gasteiger partial charge is 0.370 e. The topological polar surface area (TPSA) is 62.7 Å². The fourth-order valence-corrected chi connectivity index (χ4v) is 2.28. The van der Waals surface area contributed by atoms with Gasteiger partial charge in [-0.2, -0.15) is 0 Å². The van der Waals surface area contributed by atoms with E-state index in [-0.39, 0.29) is 6.04 Å². The van der Waals surface area contributed by atoms with E-state index in [9.17, 15) is 0 Å². The van der Waals surface area contributed by atoms with Gasteiger partial charge in [0.15, 0.2) is 0 Å². The van der Waals surface area contributed by atoms with E-state index in [1.807, 2.05) is 24.5 Å². The van der Waals surface area contributed by atoms with Crippen LogP contribution in [0.5, 0.6) is 0 Å². The first-order valence-corrected chi connectivity index (χ1v) is 7.50. The van der Waals surface area contributed by atoms with Gasteiger partial charge in [-0.15, -0.1) is 0 Å². The maximum Gasteiger partial charge on any atom is 0.135 e. The smallest absolute Gasteiger partial charge is 0.135 e. The van der Waals surface area contributed by atoms with Crippen molar-refractivity contribution in [3.63, 3.8) is 0 Å². The predicted molar refractivity (Wildman–Crippen MR) is 86.5 cm³/mol. The molecule has 0 aromatic carbocycles. The van der Waals surface area contributed by atoms with Gasteiger partial charge in [0, 0.05) is 24.5 Å². The van der Waals surface area contributed by atoms with Crippen LogP contribution < -0.4 is 10.6 Å². The van der Waals surface area contributed by atoms with Gasteiger partial charge in [-0.05, 0) is 38.0 Å². The minimum atomic E-state index is 0.174. The fourth-order valence-electron chi connectivity index (χ4n) is 2.28. The molecule has 0 aliphatic rings. The number of nitrogens with one attached hydrogen (secondary N) is 2. The zero-order valence-corrected chi connectivity index (χ0v) is 12.9. The van der Waals surface area contributed by atoms with E-state index < -0.39 is 0 Å². The maximum atomic E-state index is 4.43. The number of nitrogens with zero attached hydrogens (tertiary/aromatic N) is 3. The molecule has 5 heteroatoms. The lowest BCUT2D eigenvalue weighted by atomic mass is 10.1. The summed E-state index contributed by atoms with van der Waals surface area (Å²) in [5, 5.41) is 6.80. The van der Waals surface area contributed by atoms with Crippen molar-refractivity contribution in [3.8, 4) is 0 Å². The molecule has 2 rings (SSSR count). The van der Waals surface area contributed by atoms with Crippen LogP contribution in [0, 0.1) is 0 Å². The van der Waals surface area contributed by atoms with Gasteiger partial charge in [-0.1, -0.05) is 13.3 Å². The molecule has 0 saturated heterocycles. The van der Waals surface area contributed by atoms with Crippen LogP contribution in [0.3, 0.4) is 0 Å². The van der Waals surface area contributed by atoms with Gasteiger partial charge >= 0.3 is 0 Å². The summed E-state index contributed by atoms with van der Waals surface area (Å²) in [7, 11) is 0. The minimum absolute atomic E-state index is 0.174. The van der Waals surface area contributed by atoms with Gasteiger partial charge < -0.3 is 10.6 Å². The molecule has 21 heavy (non-hydrogen) atoms. The minimum Gasteiger partial charge on any atom is -0.370 e. The Balaban J connectivity index is 2.24. The van der Waals surface area contributed by atoms with Crippen molar-refractivity contribution < 1.29 is 0 Å². The fraction of sp³-hybridized carbons (Fsp3) is 0.438. The Labute approximate surface area is 126 Å². The molecule has 1 atom stereocenters. The standard InChI is InChI=1S/C16H23N5/c1-4-6-14-15(18-5-2)19-11-20-16(14)21-12(3)13-7-9-17-10-8-13/h7-12H,4-6H2,1-3H3,(H2,18,19,20,21). The summed E-state index contributed by atoms with van der Waals surface area (Å²) in [6.07, 6.45) is 7.24. The van der Waals surface area contributed by atoms with Crippen molar-refractivity contribution in [1.29, 1.82) is 0 Å². The second-order valence-electron chi connectivity index (χ2n) is 4.98. The van der Waals surface area contributed by atoms with Crippen LogP contribution in [0.15, 0.2) is 30.9 Å². The Bertz CT molecular complexity index is 556. The molecular weight excluding hydrogens is 262 g/mol. The van der Waals surface area contributed by atoms with E-state index in [1.54, 1.807) is 6.33 Å². The summed E-state index contributed by atoms with van der Waals surface area (Å²) < 4.78 is 0. The SMILES string of the molecule is CCCc1c(NCC)ncnc1NC(C)c1ccncc1. The molecule has 2 heterocycles. The third-order valence-corrected chi connectivity index (χ3v) is 3.35. The van der Waals surface area contributed by atoms with Crippen molar-refractivity contribution in [2.24, 2.45) is 0 Å². The molecule has 1 unspecified atom stereocenters. The number of pyridine rings is 1. The molecule has 2 aromatic rings. The molecule has 0 bridgehead atoms. The van der Waals surface area contributed by atoms with Gasteiger partial charge in [0.1, 0.15) is 18.0 Å². The van der Waals surface area contributed by atoms with Crippen LogP contribution in [-0.4, -0.2) is 21.5 Å². The maximum absolute atomic E-state index is 4.43. The van der Waals surface area contributed by atoms with Gasteiger partial charge in [-0.3, -0.25) is 4.98 Å². The van der Waals surface area contributed by atoms with Crippen molar-refractivity contribution >= 4 is 11.6 Å². The first kappa shape index (κ1) is 15.2. The van der Waals surface area contributed by atoms with E-state index in [0.29, 0.717) is 0 Å². The van der Waals surface area contributed by atoms with E-state index >= 15 is 0 Å². The second kappa shape index (κ2) is 7.57. The molecule has 0 radical (unpaired) electrons. The Morgan fingerprint density at radius 3 is 2.48 bits per heavy atom. The molecule has 0 saturated carbocycles. The highest BCUT2D eigenvalue weighted by Gasteiger charge is 2.13. The van der Waals surface area contributed by atoms with Gasteiger partial charge in [0.2, 0.25) is 0 Å². The van der Waals surface area contributed by atoms with Crippen molar-refractivity contribution in [2.45, 2.75) is 39.7 Å². The molecule has 0 fully saturated rings. The predicted octanol–water partition coefficient (Wildman–Crippen LogP) is 3.43. The monoisotopic (exact) mass is 285 g/mol. The van der Waals surface area contributed by atoms with Gasteiger partial charge in [0.05, 0.1) is 6.04 Å². The summed E-state index contributed by atoms with van der Waals surface area (Å²) in [5.41, 5.74) is 2.35. The molecule has 5 nitrogen and oxygen atoms in total. The lowest BCUT2D eigenvalue weighted by Crippen LogP contribution is -2.13. The first-order valence-electron chi connectivity index (χ1n) is 7.50. The summed E-state index contributed by atoms with van der Waals surface area (Å²) in [6.45, 7) is 7.22. The molecule has 0 aliphatic heterocycles. The molecule has 112 valence electrons. The van der Waals surface area contributed by atoms with Crippen LogP contribution in [0.2, 0.25) is 0 Å². The lowest BCUT2D eigenvalue weighted by Gasteiger charge is -2.19. The zero-order chi connectivity index (χ0) is 15.1. The van der Waals surface area contributed by atoms with Crippen LogP contribution in [0.25, 0.3) is 0 Å². The van der Waals surface area contributed by atoms with Crippen LogP contribution in [0.1, 0.15) is 44.4 Å². The van der Waals surface area contributed by atoms with Crippen LogP contribution in [0.4, 0.5) is 11.6 Å². The third kappa shape index (κ3) is 3.90. The van der Waals surface area contributed by atoms with Gasteiger partial charge in [0.25, 0.3) is 0 Å². The Morgan fingerprint density at radius 2 is 1.81 bits per heavy atom. The van der Waals surface area contributed by atoms with Crippen LogP contribution in [-0.2, 0) is 6.42 Å². The molecule has 0 spiro atoms. The number of hydrogen-bond donors (Lipinski definition) is 2. The average Bonchev–Trinajstić information content (AvgIpc) is 2.51. The number of hydrogen-bond acceptors (Lipinski definition) is 5. The number of anilines is 2. The highest BCUT2D eigenvalue weighted by atomic mass is 15.1. The van der Waals surface area contributed by atoms with Crippen molar-refractivity contribution in [2.75, 3.05) is 17.2 Å². The lowest BCUT2D eigenvalue weighted by molar-refractivity contribution is 0.844. The number of rotatable bonds is 7. The molecule has 2 aromatic heterocycles. The van der Waals surface area contributed by atoms with Crippen molar-refractivity contribution in [3.05, 3.63) is 42.0 Å². The molecular formula is C16H23N5. The van der Waals surface area contributed by atoms with Gasteiger partial charge in [-0.25, -0.2) is 9.97 Å². The van der Waals surface area contributed by atoms with E-state index in [0.717, 1.165) is 36.6 Å². The van der Waals surface area contributed by atoms with E-state index in [2.05, 4.69) is 46.4 Å². The highest BCUT2D eigenvalue weighted by Crippen LogP contribution is 2.25. The van der Waals surface area contributed by atoms with Crippen molar-refractivity contribution in [1.82, 2.24) is 15.0 Å². The van der Waals surface area contributed by atoms with Crippen LogP contribution >= 0.6 is 0 Å². The highest BCUT2D eigenvalue weighted by molar-refractivity contribution is 5.58.